The van der Waals surface area contributed by atoms with E-state index in [-0.39, 0.29) is 20.4 Å². The van der Waals surface area contributed by atoms with Crippen LogP contribution in [0.15, 0.2) is 88.7 Å². The molecule has 8 nitrogen and oxygen atoms in total. The summed E-state index contributed by atoms with van der Waals surface area (Å²) in [6.07, 6.45) is 0. The Morgan fingerprint density at radius 1 is 0.625 bits per heavy atom. The van der Waals surface area contributed by atoms with E-state index in [0.29, 0.717) is 17.1 Å². The van der Waals surface area contributed by atoms with Crippen LogP contribution in [0.3, 0.4) is 0 Å². The molecule has 40 heavy (non-hydrogen) atoms. The second-order valence-corrected chi connectivity index (χ2v) is 13.3. The Kier molecular flexibility index (Phi) is 8.25. The maximum atomic E-state index is 13.1. The smallest absolute Gasteiger partial charge is 0.263 e. The van der Waals surface area contributed by atoms with Crippen LogP contribution in [0.1, 0.15) is 32.6 Å². The molecular formula is C29H28ClN3O5S2. The zero-order valence-electron chi connectivity index (χ0n) is 22.2. The average Bonchev–Trinajstić information content (AvgIpc) is 2.85. The topological polar surface area (TPSA) is 121 Å². The van der Waals surface area contributed by atoms with Crippen LogP contribution in [0.5, 0.6) is 0 Å². The van der Waals surface area contributed by atoms with Crippen molar-refractivity contribution in [1.82, 2.24) is 0 Å². The Labute approximate surface area is 239 Å². The highest BCUT2D eigenvalue weighted by atomic mass is 35.5. The van der Waals surface area contributed by atoms with Crippen molar-refractivity contribution in [1.29, 1.82) is 0 Å². The lowest BCUT2D eigenvalue weighted by atomic mass is 10.1. The average molecular weight is 598 g/mol. The van der Waals surface area contributed by atoms with Gasteiger partial charge in [-0.1, -0.05) is 23.7 Å². The normalized spacial score (nSPS) is 11.6. The molecule has 0 radical (unpaired) electrons. The summed E-state index contributed by atoms with van der Waals surface area (Å²) in [4.78, 5) is 12.7. The molecule has 4 aromatic carbocycles. The molecule has 0 aliphatic carbocycles. The zero-order valence-corrected chi connectivity index (χ0v) is 24.6. The summed E-state index contributed by atoms with van der Waals surface area (Å²) in [6, 6.07) is 20.1. The number of carbonyl (C=O) groups excluding carboxylic acids is 1. The predicted octanol–water partition coefficient (Wildman–Crippen LogP) is 6.43. The number of nitrogens with one attached hydrogen (secondary N) is 3. The van der Waals surface area contributed by atoms with Gasteiger partial charge in [-0.05, 0) is 117 Å². The molecule has 1 amide bonds. The van der Waals surface area contributed by atoms with Gasteiger partial charge < -0.3 is 5.32 Å². The van der Waals surface area contributed by atoms with Gasteiger partial charge in [-0.25, -0.2) is 16.8 Å². The SMILES string of the molecule is Cc1cc(C)cc(NS(=O)(=O)c2cc(C(=O)Nc3ccc(S(=O)(=O)Nc4ccc(C)c(C)c4)cc3)ccc2Cl)c1. The molecule has 4 rings (SSSR count). The number of sulfonamides is 2. The maximum Gasteiger partial charge on any atom is 0.263 e. The van der Waals surface area contributed by atoms with Crippen molar-refractivity contribution in [2.45, 2.75) is 37.5 Å². The molecular weight excluding hydrogens is 570 g/mol. The van der Waals surface area contributed by atoms with E-state index in [1.54, 1.807) is 24.3 Å². The van der Waals surface area contributed by atoms with E-state index < -0.39 is 26.0 Å². The minimum Gasteiger partial charge on any atom is -0.322 e. The number of carbonyl (C=O) groups is 1. The minimum absolute atomic E-state index is 0.0149. The predicted molar refractivity (Wildman–Crippen MR) is 159 cm³/mol. The molecule has 0 unspecified atom stereocenters. The van der Waals surface area contributed by atoms with E-state index in [1.807, 2.05) is 39.8 Å². The van der Waals surface area contributed by atoms with Gasteiger partial charge in [-0.15, -0.1) is 0 Å². The van der Waals surface area contributed by atoms with Crippen molar-refractivity contribution in [3.05, 3.63) is 112 Å². The molecule has 0 aliphatic rings. The van der Waals surface area contributed by atoms with Gasteiger partial charge in [0.05, 0.1) is 9.92 Å². The van der Waals surface area contributed by atoms with Gasteiger partial charge in [0.15, 0.2) is 0 Å². The van der Waals surface area contributed by atoms with Crippen LogP contribution in [0.25, 0.3) is 0 Å². The lowest BCUT2D eigenvalue weighted by Gasteiger charge is -2.13. The lowest BCUT2D eigenvalue weighted by Crippen LogP contribution is -2.17. The van der Waals surface area contributed by atoms with Crippen molar-refractivity contribution in [3.63, 3.8) is 0 Å². The van der Waals surface area contributed by atoms with Gasteiger partial charge in [0, 0.05) is 22.6 Å². The summed E-state index contributed by atoms with van der Waals surface area (Å²) in [6.45, 7) is 7.54. The number of rotatable bonds is 8. The van der Waals surface area contributed by atoms with Crippen LogP contribution in [0.4, 0.5) is 17.1 Å². The van der Waals surface area contributed by atoms with Gasteiger partial charge in [0.25, 0.3) is 26.0 Å². The third-order valence-electron chi connectivity index (χ3n) is 6.14. The third-order valence-corrected chi connectivity index (χ3v) is 9.40. The molecule has 0 bridgehead atoms. The highest BCUT2D eigenvalue weighted by Gasteiger charge is 2.21. The van der Waals surface area contributed by atoms with E-state index >= 15 is 0 Å². The summed E-state index contributed by atoms with van der Waals surface area (Å²) in [5.74, 6) is -0.594. The van der Waals surface area contributed by atoms with E-state index in [0.717, 1.165) is 22.3 Å². The van der Waals surface area contributed by atoms with Gasteiger partial charge in [0.1, 0.15) is 4.90 Å². The van der Waals surface area contributed by atoms with Gasteiger partial charge in [-0.2, -0.15) is 0 Å². The van der Waals surface area contributed by atoms with Crippen LogP contribution in [-0.4, -0.2) is 22.7 Å². The largest absolute Gasteiger partial charge is 0.322 e. The Hall–Kier alpha value is -3.86. The number of anilines is 3. The van der Waals surface area contributed by atoms with E-state index in [4.69, 9.17) is 11.6 Å². The molecule has 3 N–H and O–H groups in total. The first-order valence-corrected chi connectivity index (χ1v) is 15.5. The highest BCUT2D eigenvalue weighted by molar-refractivity contribution is 7.93. The van der Waals surface area contributed by atoms with Crippen LogP contribution in [-0.2, 0) is 20.0 Å². The Morgan fingerprint density at radius 3 is 1.85 bits per heavy atom. The highest BCUT2D eigenvalue weighted by Crippen LogP contribution is 2.27. The molecule has 0 spiro atoms. The van der Waals surface area contributed by atoms with Crippen LogP contribution >= 0.6 is 11.6 Å². The van der Waals surface area contributed by atoms with E-state index in [2.05, 4.69) is 14.8 Å². The summed E-state index contributed by atoms with van der Waals surface area (Å²) < 4.78 is 56.8. The van der Waals surface area contributed by atoms with Gasteiger partial charge in [-0.3, -0.25) is 14.2 Å². The lowest BCUT2D eigenvalue weighted by molar-refractivity contribution is 0.102. The summed E-state index contributed by atoms with van der Waals surface area (Å²) in [5.41, 5.74) is 4.98. The van der Waals surface area contributed by atoms with Crippen molar-refractivity contribution in [2.24, 2.45) is 0 Å². The standard InChI is InChI=1S/C29H28ClN3O5S2/c1-18-13-19(2)15-25(14-18)33-40(37,38)28-17-22(6-12-27(28)30)29(34)31-23-8-10-26(11-9-23)39(35,36)32-24-7-5-20(3)21(4)16-24/h5-17,32-33H,1-4H3,(H,31,34). The molecule has 0 aliphatic heterocycles. The first kappa shape index (κ1) is 29.1. The number of hydrogen-bond donors (Lipinski definition) is 3. The fourth-order valence-corrected chi connectivity index (χ4v) is 6.65. The Bertz CT molecular complexity index is 1800. The Morgan fingerprint density at radius 2 is 1.23 bits per heavy atom. The maximum absolute atomic E-state index is 13.1. The molecule has 4 aromatic rings. The van der Waals surface area contributed by atoms with Gasteiger partial charge >= 0.3 is 0 Å². The molecule has 0 fully saturated rings. The molecule has 0 atom stereocenters. The number of amides is 1. The van der Waals surface area contributed by atoms with Crippen molar-refractivity contribution < 1.29 is 21.6 Å². The van der Waals surface area contributed by atoms with Crippen molar-refractivity contribution in [3.8, 4) is 0 Å². The van der Waals surface area contributed by atoms with Crippen molar-refractivity contribution in [2.75, 3.05) is 14.8 Å². The number of aryl methyl sites for hydroxylation is 4. The van der Waals surface area contributed by atoms with Crippen LogP contribution < -0.4 is 14.8 Å². The van der Waals surface area contributed by atoms with Crippen molar-refractivity contribution >= 4 is 54.6 Å². The van der Waals surface area contributed by atoms with Crippen LogP contribution in [0.2, 0.25) is 5.02 Å². The monoisotopic (exact) mass is 597 g/mol. The fraction of sp³-hybridized carbons (Fsp3) is 0.138. The molecule has 0 aromatic heterocycles. The molecule has 208 valence electrons. The second kappa shape index (κ2) is 11.3. The quantitative estimate of drug-likeness (QED) is 0.216. The van der Waals surface area contributed by atoms with Gasteiger partial charge in [0.2, 0.25) is 0 Å². The summed E-state index contributed by atoms with van der Waals surface area (Å²) in [7, 11) is -7.94. The molecule has 0 saturated carbocycles. The third kappa shape index (κ3) is 6.82. The number of hydrogen-bond acceptors (Lipinski definition) is 5. The Balaban J connectivity index is 1.50. The first-order chi connectivity index (χ1) is 18.7. The molecule has 0 saturated heterocycles. The molecule has 11 heteroatoms. The van der Waals surface area contributed by atoms with E-state index in [9.17, 15) is 21.6 Å². The summed E-state index contributed by atoms with van der Waals surface area (Å²) in [5, 5.41) is 2.61. The van der Waals surface area contributed by atoms with Crippen LogP contribution in [0, 0.1) is 27.7 Å². The minimum atomic E-state index is -4.10. The summed E-state index contributed by atoms with van der Waals surface area (Å²) >= 11 is 6.20. The second-order valence-electron chi connectivity index (χ2n) is 9.51. The number of benzene rings is 4. The fourth-order valence-electron chi connectivity index (χ4n) is 4.03. The molecule has 0 heterocycles. The zero-order chi connectivity index (χ0) is 29.2. The first-order valence-electron chi connectivity index (χ1n) is 12.2. The van der Waals surface area contributed by atoms with E-state index in [1.165, 1.54) is 42.5 Å². The number of halogens is 1.